The summed E-state index contributed by atoms with van der Waals surface area (Å²) in [6.07, 6.45) is 1.21. The van der Waals surface area contributed by atoms with E-state index >= 15 is 0 Å². The predicted molar refractivity (Wildman–Crippen MR) is 81.2 cm³/mol. The maximum Gasteiger partial charge on any atom is 0.142 e. The van der Waals surface area contributed by atoms with E-state index in [2.05, 4.69) is 55.8 Å². The van der Waals surface area contributed by atoms with E-state index in [1.54, 1.807) is 7.11 Å². The van der Waals surface area contributed by atoms with Crippen molar-refractivity contribution < 1.29 is 4.74 Å². The van der Waals surface area contributed by atoms with Crippen molar-refractivity contribution in [1.82, 2.24) is 4.90 Å². The van der Waals surface area contributed by atoms with E-state index < -0.39 is 0 Å². The molecule has 0 unspecified atom stereocenters. The van der Waals surface area contributed by atoms with Crippen molar-refractivity contribution in [1.29, 1.82) is 0 Å². The largest absolute Gasteiger partial charge is 0.495 e. The van der Waals surface area contributed by atoms with Crippen molar-refractivity contribution >= 4 is 5.69 Å². The summed E-state index contributed by atoms with van der Waals surface area (Å²) in [4.78, 5) is 4.75. The Kier molecular flexibility index (Phi) is 4.04. The molecule has 0 saturated carbocycles. The van der Waals surface area contributed by atoms with E-state index in [-0.39, 0.29) is 5.41 Å². The lowest BCUT2D eigenvalue weighted by molar-refractivity contribution is 0.290. The minimum Gasteiger partial charge on any atom is -0.495 e. The molecule has 3 heteroatoms. The fraction of sp³-hybridized carbons (Fsp3) is 0.625. The molecule has 1 aliphatic rings. The van der Waals surface area contributed by atoms with Crippen LogP contribution in [0.5, 0.6) is 5.75 Å². The Morgan fingerprint density at radius 1 is 1.16 bits per heavy atom. The minimum absolute atomic E-state index is 0.157. The van der Waals surface area contributed by atoms with Crippen LogP contribution in [0.2, 0.25) is 0 Å². The van der Waals surface area contributed by atoms with Gasteiger partial charge in [-0.05, 0) is 36.6 Å². The van der Waals surface area contributed by atoms with Crippen molar-refractivity contribution in [2.45, 2.75) is 32.6 Å². The normalized spacial score (nSPS) is 17.6. The molecule has 1 heterocycles. The lowest BCUT2D eigenvalue weighted by atomic mass is 9.87. The lowest BCUT2D eigenvalue weighted by Gasteiger charge is -2.36. The average molecular weight is 262 g/mol. The molecule has 0 aliphatic carbocycles. The molecule has 1 aromatic rings. The van der Waals surface area contributed by atoms with Crippen LogP contribution in [0.3, 0.4) is 0 Å². The van der Waals surface area contributed by atoms with Gasteiger partial charge in [-0.2, -0.15) is 0 Å². The number of methoxy groups -OCH3 is 1. The van der Waals surface area contributed by atoms with E-state index in [1.807, 2.05) is 0 Å². The van der Waals surface area contributed by atoms with Crippen molar-refractivity contribution in [2.75, 3.05) is 38.8 Å². The van der Waals surface area contributed by atoms with Crippen LogP contribution in [-0.2, 0) is 5.41 Å². The van der Waals surface area contributed by atoms with Gasteiger partial charge >= 0.3 is 0 Å². The summed E-state index contributed by atoms with van der Waals surface area (Å²) in [5, 5.41) is 0. The van der Waals surface area contributed by atoms with Crippen LogP contribution in [0, 0.1) is 0 Å². The van der Waals surface area contributed by atoms with Gasteiger partial charge in [0.15, 0.2) is 0 Å². The molecule has 0 spiro atoms. The SMILES string of the molecule is COc1cc(C(C)(C)C)ccc1N1CCCN(C)C1. The van der Waals surface area contributed by atoms with E-state index in [0.717, 1.165) is 19.0 Å². The summed E-state index contributed by atoms with van der Waals surface area (Å²) in [5.41, 5.74) is 2.69. The molecule has 1 fully saturated rings. The summed E-state index contributed by atoms with van der Waals surface area (Å²) >= 11 is 0. The van der Waals surface area contributed by atoms with Crippen molar-refractivity contribution in [3.8, 4) is 5.75 Å². The molecular weight excluding hydrogens is 236 g/mol. The highest BCUT2D eigenvalue weighted by molar-refractivity contribution is 5.60. The fourth-order valence-corrected chi connectivity index (χ4v) is 2.57. The molecule has 2 rings (SSSR count). The standard InChI is InChI=1S/C16H26N2O/c1-16(2,3)13-7-8-14(15(11-13)19-5)18-10-6-9-17(4)12-18/h7-8,11H,6,9-10,12H2,1-5H3. The monoisotopic (exact) mass is 262 g/mol. The minimum atomic E-state index is 0.157. The van der Waals surface area contributed by atoms with Crippen LogP contribution in [0.1, 0.15) is 32.8 Å². The van der Waals surface area contributed by atoms with Gasteiger partial charge in [-0.25, -0.2) is 0 Å². The number of hydrogen-bond acceptors (Lipinski definition) is 3. The van der Waals surface area contributed by atoms with Gasteiger partial charge in [-0.1, -0.05) is 26.8 Å². The number of anilines is 1. The van der Waals surface area contributed by atoms with Gasteiger partial charge < -0.3 is 9.64 Å². The third kappa shape index (κ3) is 3.21. The Labute approximate surface area is 117 Å². The van der Waals surface area contributed by atoms with Gasteiger partial charge in [0.2, 0.25) is 0 Å². The zero-order valence-electron chi connectivity index (χ0n) is 12.9. The summed E-state index contributed by atoms with van der Waals surface area (Å²) < 4.78 is 5.61. The van der Waals surface area contributed by atoms with Crippen LogP contribution < -0.4 is 9.64 Å². The smallest absolute Gasteiger partial charge is 0.142 e. The summed E-state index contributed by atoms with van der Waals surface area (Å²) in [5.74, 6) is 0.989. The average Bonchev–Trinajstić information content (AvgIpc) is 2.37. The Morgan fingerprint density at radius 2 is 1.89 bits per heavy atom. The highest BCUT2D eigenvalue weighted by Gasteiger charge is 2.20. The van der Waals surface area contributed by atoms with Crippen molar-refractivity contribution in [3.63, 3.8) is 0 Å². The van der Waals surface area contributed by atoms with Gasteiger partial charge in [-0.15, -0.1) is 0 Å². The first kappa shape index (κ1) is 14.2. The first-order valence-electron chi connectivity index (χ1n) is 7.04. The van der Waals surface area contributed by atoms with Gasteiger partial charge in [0.1, 0.15) is 5.75 Å². The van der Waals surface area contributed by atoms with E-state index in [4.69, 9.17) is 4.74 Å². The molecule has 19 heavy (non-hydrogen) atoms. The Hall–Kier alpha value is -1.22. The molecule has 106 valence electrons. The topological polar surface area (TPSA) is 15.7 Å². The molecule has 1 saturated heterocycles. The van der Waals surface area contributed by atoms with Gasteiger partial charge in [0, 0.05) is 13.1 Å². The molecule has 0 radical (unpaired) electrons. The van der Waals surface area contributed by atoms with Gasteiger partial charge in [-0.3, -0.25) is 4.90 Å². The zero-order chi connectivity index (χ0) is 14.0. The molecule has 0 bridgehead atoms. The van der Waals surface area contributed by atoms with Crippen LogP contribution in [0.4, 0.5) is 5.69 Å². The Morgan fingerprint density at radius 3 is 2.47 bits per heavy atom. The fourth-order valence-electron chi connectivity index (χ4n) is 2.57. The summed E-state index contributed by atoms with van der Waals surface area (Å²) in [6, 6.07) is 6.62. The molecular formula is C16H26N2O. The number of rotatable bonds is 2. The quantitative estimate of drug-likeness (QED) is 0.814. The highest BCUT2D eigenvalue weighted by Crippen LogP contribution is 2.34. The second kappa shape index (κ2) is 5.41. The van der Waals surface area contributed by atoms with Crippen molar-refractivity contribution in [2.24, 2.45) is 0 Å². The van der Waals surface area contributed by atoms with Crippen LogP contribution in [0.15, 0.2) is 18.2 Å². The van der Waals surface area contributed by atoms with E-state index in [9.17, 15) is 0 Å². The molecule has 0 N–H and O–H groups in total. The second-order valence-corrected chi connectivity index (χ2v) is 6.47. The molecule has 1 aliphatic heterocycles. The van der Waals surface area contributed by atoms with E-state index in [1.165, 1.54) is 24.2 Å². The Balaban J connectivity index is 2.30. The zero-order valence-corrected chi connectivity index (χ0v) is 12.9. The summed E-state index contributed by atoms with van der Waals surface area (Å²) in [7, 11) is 3.93. The number of benzene rings is 1. The van der Waals surface area contributed by atoms with E-state index in [0.29, 0.717) is 0 Å². The van der Waals surface area contributed by atoms with Crippen LogP contribution in [-0.4, -0.2) is 38.8 Å². The third-order valence-electron chi connectivity index (χ3n) is 3.77. The molecule has 0 amide bonds. The van der Waals surface area contributed by atoms with Crippen molar-refractivity contribution in [3.05, 3.63) is 23.8 Å². The number of hydrogen-bond donors (Lipinski definition) is 0. The highest BCUT2D eigenvalue weighted by atomic mass is 16.5. The molecule has 0 aromatic heterocycles. The van der Waals surface area contributed by atoms with Gasteiger partial charge in [0.25, 0.3) is 0 Å². The number of nitrogens with zero attached hydrogens (tertiary/aromatic N) is 2. The third-order valence-corrected chi connectivity index (χ3v) is 3.77. The first-order valence-corrected chi connectivity index (χ1v) is 7.04. The first-order chi connectivity index (χ1) is 8.91. The number of ether oxygens (including phenoxy) is 1. The lowest BCUT2D eigenvalue weighted by Crippen LogP contribution is -2.42. The Bertz CT molecular complexity index is 437. The molecule has 1 aromatic carbocycles. The second-order valence-electron chi connectivity index (χ2n) is 6.47. The predicted octanol–water partition coefficient (Wildman–Crippen LogP) is 3.09. The maximum absolute atomic E-state index is 5.61. The molecule has 0 atom stereocenters. The van der Waals surface area contributed by atoms with Crippen LogP contribution >= 0.6 is 0 Å². The summed E-state index contributed by atoms with van der Waals surface area (Å²) in [6.45, 7) is 9.96. The van der Waals surface area contributed by atoms with Crippen LogP contribution in [0.25, 0.3) is 0 Å². The maximum atomic E-state index is 5.61. The molecule has 3 nitrogen and oxygen atoms in total. The van der Waals surface area contributed by atoms with Gasteiger partial charge in [0.05, 0.1) is 19.5 Å².